The van der Waals surface area contributed by atoms with Crippen LogP contribution in [0.2, 0.25) is 0 Å². The van der Waals surface area contributed by atoms with Crippen LogP contribution >= 0.6 is 0 Å². The molecule has 1 aromatic rings. The van der Waals surface area contributed by atoms with E-state index in [9.17, 15) is 23.1 Å². The van der Waals surface area contributed by atoms with Crippen molar-refractivity contribution in [3.63, 3.8) is 0 Å². The van der Waals surface area contributed by atoms with Crippen molar-refractivity contribution in [2.45, 2.75) is 12.5 Å². The molecular formula is C14H17NO7S. The molecule has 1 saturated heterocycles. The quantitative estimate of drug-likeness (QED) is 0.714. The van der Waals surface area contributed by atoms with Gasteiger partial charge in [0, 0.05) is 12.1 Å². The number of carbonyl (C=O) groups is 2. The van der Waals surface area contributed by atoms with Gasteiger partial charge in [-0.25, -0.2) is 13.2 Å². The minimum Gasteiger partial charge on any atom is -0.507 e. The number of carbonyl (C=O) groups excluding carboxylic acids is 2. The van der Waals surface area contributed by atoms with E-state index in [-0.39, 0.29) is 22.8 Å². The summed E-state index contributed by atoms with van der Waals surface area (Å²) in [5.74, 6) is -1.47. The van der Waals surface area contributed by atoms with Crippen LogP contribution in [0.4, 0.5) is 0 Å². The Morgan fingerprint density at radius 2 is 2.13 bits per heavy atom. The second-order valence-corrected chi connectivity index (χ2v) is 7.36. The first-order valence-corrected chi connectivity index (χ1v) is 8.67. The lowest BCUT2D eigenvalue weighted by atomic mass is 10.2. The van der Waals surface area contributed by atoms with Crippen molar-refractivity contribution in [2.24, 2.45) is 0 Å². The average molecular weight is 343 g/mol. The Balaban J connectivity index is 1.85. The van der Waals surface area contributed by atoms with Gasteiger partial charge in [-0.05, 0) is 18.6 Å². The topological polar surface area (TPSA) is 119 Å². The number of benzene rings is 1. The molecule has 0 spiro atoms. The van der Waals surface area contributed by atoms with Crippen LogP contribution in [0.1, 0.15) is 16.8 Å². The van der Waals surface area contributed by atoms with Gasteiger partial charge in [0.2, 0.25) is 0 Å². The number of aromatic hydroxyl groups is 1. The number of sulfone groups is 1. The molecule has 0 unspecified atom stereocenters. The van der Waals surface area contributed by atoms with Crippen LogP contribution in [-0.4, -0.2) is 56.7 Å². The van der Waals surface area contributed by atoms with E-state index in [2.05, 4.69) is 5.32 Å². The van der Waals surface area contributed by atoms with Crippen molar-refractivity contribution in [3.05, 3.63) is 23.8 Å². The fourth-order valence-corrected chi connectivity index (χ4v) is 3.87. The summed E-state index contributed by atoms with van der Waals surface area (Å²) < 4.78 is 32.3. The molecule has 23 heavy (non-hydrogen) atoms. The van der Waals surface area contributed by atoms with Crippen molar-refractivity contribution >= 4 is 21.7 Å². The summed E-state index contributed by atoms with van der Waals surface area (Å²) in [6.45, 7) is -0.555. The molecule has 0 saturated carbocycles. The average Bonchev–Trinajstić information content (AvgIpc) is 2.83. The number of methoxy groups -OCH3 is 1. The van der Waals surface area contributed by atoms with Crippen molar-refractivity contribution < 1.29 is 32.6 Å². The summed E-state index contributed by atoms with van der Waals surface area (Å²) in [5, 5.41) is 12.2. The maximum absolute atomic E-state index is 11.8. The normalized spacial score (nSPS) is 19.1. The lowest BCUT2D eigenvalue weighted by Gasteiger charge is -2.11. The Bertz CT molecular complexity index is 714. The van der Waals surface area contributed by atoms with Crippen LogP contribution in [-0.2, 0) is 19.4 Å². The number of rotatable bonds is 5. The molecule has 2 N–H and O–H groups in total. The van der Waals surface area contributed by atoms with Crippen LogP contribution in [0, 0.1) is 0 Å². The Kier molecular flexibility index (Phi) is 5.09. The highest BCUT2D eigenvalue weighted by atomic mass is 32.2. The number of nitrogens with one attached hydrogen (secondary N) is 1. The van der Waals surface area contributed by atoms with Gasteiger partial charge in [-0.2, -0.15) is 0 Å². The van der Waals surface area contributed by atoms with Gasteiger partial charge in [0.15, 0.2) is 16.4 Å². The predicted octanol–water partition coefficient (Wildman–Crippen LogP) is -0.139. The molecule has 1 atom stereocenters. The summed E-state index contributed by atoms with van der Waals surface area (Å²) in [6, 6.07) is 3.58. The lowest BCUT2D eigenvalue weighted by molar-refractivity contribution is -0.124. The zero-order valence-corrected chi connectivity index (χ0v) is 13.3. The summed E-state index contributed by atoms with van der Waals surface area (Å²) in [7, 11) is -1.68. The summed E-state index contributed by atoms with van der Waals surface area (Å²) in [5.41, 5.74) is -0.0953. The highest BCUT2D eigenvalue weighted by molar-refractivity contribution is 7.91. The van der Waals surface area contributed by atoms with E-state index in [0.717, 1.165) is 0 Å². The lowest BCUT2D eigenvalue weighted by Crippen LogP contribution is -2.38. The number of esters is 1. The van der Waals surface area contributed by atoms with E-state index in [1.165, 1.54) is 25.3 Å². The first-order chi connectivity index (χ1) is 10.8. The molecule has 0 aliphatic carbocycles. The van der Waals surface area contributed by atoms with Gasteiger partial charge in [-0.1, -0.05) is 0 Å². The Morgan fingerprint density at radius 1 is 1.39 bits per heavy atom. The summed E-state index contributed by atoms with van der Waals surface area (Å²) >= 11 is 0. The van der Waals surface area contributed by atoms with Crippen LogP contribution < -0.4 is 10.1 Å². The summed E-state index contributed by atoms with van der Waals surface area (Å²) in [6.07, 6.45) is 0.348. The molecule has 1 fully saturated rings. The van der Waals surface area contributed by atoms with Crippen molar-refractivity contribution in [3.8, 4) is 11.5 Å². The van der Waals surface area contributed by atoms with Crippen LogP contribution in [0.15, 0.2) is 18.2 Å². The summed E-state index contributed by atoms with van der Waals surface area (Å²) in [4.78, 5) is 23.5. The zero-order chi connectivity index (χ0) is 17.0. The van der Waals surface area contributed by atoms with Crippen LogP contribution in [0.25, 0.3) is 0 Å². The van der Waals surface area contributed by atoms with E-state index >= 15 is 0 Å². The van der Waals surface area contributed by atoms with Crippen LogP contribution in [0.5, 0.6) is 11.5 Å². The Hall–Kier alpha value is -2.29. The van der Waals surface area contributed by atoms with Crippen molar-refractivity contribution in [2.75, 3.05) is 25.2 Å². The number of amides is 1. The number of phenolic OH excluding ortho intramolecular Hbond substituents is 1. The molecule has 1 aliphatic rings. The third kappa shape index (κ3) is 4.59. The molecular weight excluding hydrogens is 326 g/mol. The Labute approximate surface area is 133 Å². The molecule has 9 heteroatoms. The van der Waals surface area contributed by atoms with Gasteiger partial charge in [0.1, 0.15) is 17.1 Å². The van der Waals surface area contributed by atoms with E-state index in [1.807, 2.05) is 0 Å². The fraction of sp³-hybridized carbons (Fsp3) is 0.429. The molecule has 1 aromatic carbocycles. The number of hydrogen-bond acceptors (Lipinski definition) is 7. The molecule has 126 valence electrons. The molecule has 0 radical (unpaired) electrons. The second-order valence-electron chi connectivity index (χ2n) is 5.13. The molecule has 1 aliphatic heterocycles. The fourth-order valence-electron chi connectivity index (χ4n) is 2.20. The van der Waals surface area contributed by atoms with Gasteiger partial charge < -0.3 is 19.9 Å². The van der Waals surface area contributed by atoms with Crippen molar-refractivity contribution in [1.29, 1.82) is 0 Å². The molecule has 0 bridgehead atoms. The molecule has 2 rings (SSSR count). The van der Waals surface area contributed by atoms with Gasteiger partial charge in [-0.15, -0.1) is 0 Å². The minimum atomic E-state index is -3.09. The smallest absolute Gasteiger partial charge is 0.342 e. The SMILES string of the molecule is COc1ccc(C(=O)OCC(=O)N[C@H]2CCS(=O)(=O)C2)c(O)c1. The maximum Gasteiger partial charge on any atom is 0.342 e. The maximum atomic E-state index is 11.8. The van der Waals surface area contributed by atoms with Crippen molar-refractivity contribution in [1.82, 2.24) is 5.32 Å². The van der Waals surface area contributed by atoms with Gasteiger partial charge in [-0.3, -0.25) is 4.79 Å². The van der Waals surface area contributed by atoms with E-state index in [4.69, 9.17) is 9.47 Å². The third-order valence-electron chi connectivity index (χ3n) is 3.36. The molecule has 1 heterocycles. The standard InChI is InChI=1S/C14H17NO7S/c1-21-10-2-3-11(12(16)6-10)14(18)22-7-13(17)15-9-4-5-23(19,20)8-9/h2-3,6,9,16H,4-5,7-8H2,1H3,(H,15,17)/t9-/m0/s1. The number of ether oxygens (including phenoxy) is 2. The molecule has 8 nitrogen and oxygen atoms in total. The first-order valence-electron chi connectivity index (χ1n) is 6.84. The van der Waals surface area contributed by atoms with Gasteiger partial charge >= 0.3 is 5.97 Å². The van der Waals surface area contributed by atoms with E-state index in [0.29, 0.717) is 12.2 Å². The largest absolute Gasteiger partial charge is 0.507 e. The highest BCUT2D eigenvalue weighted by Gasteiger charge is 2.29. The minimum absolute atomic E-state index is 0.0391. The van der Waals surface area contributed by atoms with E-state index in [1.54, 1.807) is 0 Å². The second kappa shape index (κ2) is 6.86. The highest BCUT2D eigenvalue weighted by Crippen LogP contribution is 2.23. The zero-order valence-electron chi connectivity index (χ0n) is 12.4. The monoisotopic (exact) mass is 343 g/mol. The number of hydrogen-bond donors (Lipinski definition) is 2. The Morgan fingerprint density at radius 3 is 2.70 bits per heavy atom. The molecule has 0 aromatic heterocycles. The van der Waals surface area contributed by atoms with Gasteiger partial charge in [0.05, 0.1) is 18.6 Å². The van der Waals surface area contributed by atoms with Crippen LogP contribution in [0.3, 0.4) is 0 Å². The molecule has 1 amide bonds. The first kappa shape index (κ1) is 17.1. The van der Waals surface area contributed by atoms with Gasteiger partial charge in [0.25, 0.3) is 5.91 Å². The van der Waals surface area contributed by atoms with E-state index < -0.39 is 34.4 Å². The number of phenols is 1. The third-order valence-corrected chi connectivity index (χ3v) is 5.12. The predicted molar refractivity (Wildman–Crippen MR) is 80.1 cm³/mol.